The number of aromatic nitrogens is 3. The predicted octanol–water partition coefficient (Wildman–Crippen LogP) is 1.17. The van der Waals surface area contributed by atoms with Gasteiger partial charge in [-0.2, -0.15) is 0 Å². The number of anilines is 1. The van der Waals surface area contributed by atoms with Crippen LogP contribution < -0.4 is 10.5 Å². The minimum absolute atomic E-state index is 0.0550. The van der Waals surface area contributed by atoms with Gasteiger partial charge in [0.1, 0.15) is 17.7 Å². The third-order valence-electron chi connectivity index (χ3n) is 6.80. The lowest BCUT2D eigenvalue weighted by Crippen LogP contribution is -2.49. The van der Waals surface area contributed by atoms with Gasteiger partial charge in [0.05, 0.1) is 12.6 Å². The van der Waals surface area contributed by atoms with Crippen LogP contribution in [0.5, 0.6) is 0 Å². The Morgan fingerprint density at radius 3 is 2.90 bits per heavy atom. The first-order valence-electron chi connectivity index (χ1n) is 10.7. The van der Waals surface area contributed by atoms with Gasteiger partial charge in [-0.3, -0.25) is 9.59 Å². The molecule has 0 aliphatic carbocycles. The average Bonchev–Trinajstić information content (AvgIpc) is 3.23. The molecule has 0 unspecified atom stereocenters. The van der Waals surface area contributed by atoms with Crippen LogP contribution in [0.3, 0.4) is 0 Å². The fourth-order valence-corrected chi connectivity index (χ4v) is 5.36. The monoisotopic (exact) mass is 409 g/mol. The average molecular weight is 409 g/mol. The van der Waals surface area contributed by atoms with Crippen LogP contribution >= 0.6 is 0 Å². The van der Waals surface area contributed by atoms with E-state index in [0.29, 0.717) is 19.0 Å². The third-order valence-corrected chi connectivity index (χ3v) is 6.80. The molecule has 2 aromatic heterocycles. The number of hydrogen-bond donors (Lipinski definition) is 1. The maximum Gasteiger partial charge on any atom is 0.263 e. The summed E-state index contributed by atoms with van der Waals surface area (Å²) >= 11 is 0. The van der Waals surface area contributed by atoms with E-state index < -0.39 is 0 Å². The van der Waals surface area contributed by atoms with Crippen LogP contribution in [0.25, 0.3) is 0 Å². The molecule has 3 aliphatic rings. The largest absolute Gasteiger partial charge is 0.394 e. The summed E-state index contributed by atoms with van der Waals surface area (Å²) in [5, 5.41) is 9.55. The van der Waals surface area contributed by atoms with Crippen LogP contribution in [-0.2, 0) is 6.54 Å². The Morgan fingerprint density at radius 2 is 2.10 bits per heavy atom. The summed E-state index contributed by atoms with van der Waals surface area (Å²) in [5.41, 5.74) is 1.98. The molecule has 0 saturated carbocycles. The summed E-state index contributed by atoms with van der Waals surface area (Å²) in [6.45, 7) is 4.78. The Labute approximate surface area is 175 Å². The highest BCUT2D eigenvalue weighted by Crippen LogP contribution is 2.36. The lowest BCUT2D eigenvalue weighted by molar-refractivity contribution is 0.0674. The van der Waals surface area contributed by atoms with Crippen LogP contribution in [0, 0.1) is 12.8 Å². The number of carbonyl (C=O) groups is 1. The number of amides is 1. The number of fused-ring (bicyclic) bond motifs is 4. The number of aliphatic hydroxyl groups excluding tert-OH is 1. The van der Waals surface area contributed by atoms with Gasteiger partial charge < -0.3 is 19.5 Å². The topological polar surface area (TPSA) is 91.6 Å². The van der Waals surface area contributed by atoms with Crippen molar-refractivity contribution in [2.24, 2.45) is 5.92 Å². The second-order valence-corrected chi connectivity index (χ2v) is 8.79. The Kier molecular flexibility index (Phi) is 4.81. The summed E-state index contributed by atoms with van der Waals surface area (Å²) < 4.78 is 1.82. The lowest BCUT2D eigenvalue weighted by Gasteiger charge is -2.43. The highest BCUT2D eigenvalue weighted by molar-refractivity contribution is 5.94. The molecular weight excluding hydrogens is 382 g/mol. The maximum absolute atomic E-state index is 13.3. The molecule has 158 valence electrons. The van der Waals surface area contributed by atoms with Gasteiger partial charge in [-0.05, 0) is 44.2 Å². The second-order valence-electron chi connectivity index (χ2n) is 8.79. The number of piperidine rings is 1. The zero-order chi connectivity index (χ0) is 20.8. The number of aryl methyl sites for hydroxylation is 1. The minimum Gasteiger partial charge on any atom is -0.394 e. The Bertz CT molecular complexity index is 1040. The summed E-state index contributed by atoms with van der Waals surface area (Å²) in [5.74, 6) is 1.26. The molecule has 3 aliphatic heterocycles. The first-order chi connectivity index (χ1) is 14.5. The highest BCUT2D eigenvalue weighted by Gasteiger charge is 2.37. The van der Waals surface area contributed by atoms with Crippen molar-refractivity contribution in [3.8, 4) is 0 Å². The summed E-state index contributed by atoms with van der Waals surface area (Å²) in [4.78, 5) is 38.8. The molecular formula is C22H27N5O3. The van der Waals surface area contributed by atoms with Crippen molar-refractivity contribution in [1.82, 2.24) is 19.4 Å². The molecule has 3 atom stereocenters. The molecule has 2 aromatic rings. The van der Waals surface area contributed by atoms with E-state index >= 15 is 0 Å². The van der Waals surface area contributed by atoms with E-state index in [-0.39, 0.29) is 35.6 Å². The van der Waals surface area contributed by atoms with Gasteiger partial charge in [0.15, 0.2) is 0 Å². The lowest BCUT2D eigenvalue weighted by atomic mass is 9.83. The normalized spacial score (nSPS) is 25.3. The molecule has 2 fully saturated rings. The number of hydrogen-bond acceptors (Lipinski definition) is 6. The zero-order valence-electron chi connectivity index (χ0n) is 17.2. The fourth-order valence-electron chi connectivity index (χ4n) is 5.36. The first-order valence-corrected chi connectivity index (χ1v) is 10.7. The molecule has 0 spiro atoms. The van der Waals surface area contributed by atoms with Crippen LogP contribution in [0.15, 0.2) is 29.3 Å². The van der Waals surface area contributed by atoms with Crippen molar-refractivity contribution in [3.05, 3.63) is 51.8 Å². The predicted molar refractivity (Wildman–Crippen MR) is 112 cm³/mol. The van der Waals surface area contributed by atoms with Crippen LogP contribution in [0.4, 0.5) is 5.82 Å². The molecule has 1 N–H and O–H groups in total. The fraction of sp³-hybridized carbons (Fsp3) is 0.545. The highest BCUT2D eigenvalue weighted by atomic mass is 16.3. The zero-order valence-corrected chi connectivity index (χ0v) is 17.2. The summed E-state index contributed by atoms with van der Waals surface area (Å²) in [7, 11) is 0. The number of nitrogens with zero attached hydrogens (tertiary/aromatic N) is 5. The van der Waals surface area contributed by atoms with Gasteiger partial charge in [0.2, 0.25) is 0 Å². The standard InChI is InChI=1S/C22H27N5O3/c1-14-7-20(24-13-23-14)25-9-15-8-16(11-25)19-5-4-18(22(30)27(19)10-15)21(29)26-6-2-3-17(26)12-28/h4-5,7,13,15-17,28H,2-3,6,8-12H2,1H3/t15-,16+,17+/m0/s1. The number of pyridine rings is 1. The summed E-state index contributed by atoms with van der Waals surface area (Å²) in [6, 6.07) is 5.47. The quantitative estimate of drug-likeness (QED) is 0.818. The van der Waals surface area contributed by atoms with Gasteiger partial charge in [-0.15, -0.1) is 0 Å². The molecule has 0 radical (unpaired) electrons. The first kappa shape index (κ1) is 19.2. The Hall–Kier alpha value is -2.74. The van der Waals surface area contributed by atoms with Crippen LogP contribution in [0.2, 0.25) is 0 Å². The molecule has 1 amide bonds. The number of likely N-dealkylation sites (tertiary alicyclic amines) is 1. The molecule has 2 saturated heterocycles. The van der Waals surface area contributed by atoms with Crippen molar-refractivity contribution < 1.29 is 9.90 Å². The van der Waals surface area contributed by atoms with Crippen molar-refractivity contribution in [2.45, 2.75) is 44.7 Å². The van der Waals surface area contributed by atoms with E-state index in [1.54, 1.807) is 17.3 Å². The molecule has 2 bridgehead atoms. The van der Waals surface area contributed by atoms with Gasteiger partial charge in [-0.25, -0.2) is 9.97 Å². The number of carbonyl (C=O) groups excluding carboxylic acids is 1. The van der Waals surface area contributed by atoms with Gasteiger partial charge >= 0.3 is 0 Å². The molecule has 8 nitrogen and oxygen atoms in total. The molecule has 5 rings (SSSR count). The second kappa shape index (κ2) is 7.50. The Balaban J connectivity index is 1.44. The molecule has 5 heterocycles. The van der Waals surface area contributed by atoms with Crippen molar-refractivity contribution in [2.75, 3.05) is 31.1 Å². The van der Waals surface area contributed by atoms with E-state index in [1.165, 1.54) is 0 Å². The van der Waals surface area contributed by atoms with E-state index in [0.717, 1.165) is 49.6 Å². The van der Waals surface area contributed by atoms with E-state index in [4.69, 9.17) is 0 Å². The minimum atomic E-state index is -0.249. The maximum atomic E-state index is 13.3. The van der Waals surface area contributed by atoms with Crippen LogP contribution in [-0.4, -0.2) is 62.7 Å². The smallest absolute Gasteiger partial charge is 0.263 e. The van der Waals surface area contributed by atoms with Crippen molar-refractivity contribution >= 4 is 11.7 Å². The van der Waals surface area contributed by atoms with E-state index in [2.05, 4.69) is 14.9 Å². The molecule has 0 aromatic carbocycles. The molecule has 8 heteroatoms. The Morgan fingerprint density at radius 1 is 1.23 bits per heavy atom. The van der Waals surface area contributed by atoms with E-state index in [1.807, 2.05) is 23.6 Å². The molecule has 30 heavy (non-hydrogen) atoms. The van der Waals surface area contributed by atoms with Gasteiger partial charge in [-0.1, -0.05) is 0 Å². The van der Waals surface area contributed by atoms with E-state index in [9.17, 15) is 14.7 Å². The number of rotatable bonds is 3. The third kappa shape index (κ3) is 3.19. The van der Waals surface area contributed by atoms with Gasteiger partial charge in [0, 0.05) is 49.6 Å². The van der Waals surface area contributed by atoms with Crippen molar-refractivity contribution in [3.63, 3.8) is 0 Å². The number of aliphatic hydroxyl groups is 1. The van der Waals surface area contributed by atoms with Crippen LogP contribution in [0.1, 0.15) is 46.9 Å². The van der Waals surface area contributed by atoms with Gasteiger partial charge in [0.25, 0.3) is 11.5 Å². The summed E-state index contributed by atoms with van der Waals surface area (Å²) in [6.07, 6.45) is 4.30. The SMILES string of the molecule is Cc1cc(N2C[C@@H]3C[C@H](C2)c2ccc(C(=O)N4CCC[C@@H]4CO)c(=O)n2C3)ncn1. The van der Waals surface area contributed by atoms with Crippen molar-refractivity contribution in [1.29, 1.82) is 0 Å².